The van der Waals surface area contributed by atoms with Gasteiger partial charge in [-0.3, -0.25) is 24.7 Å². The summed E-state index contributed by atoms with van der Waals surface area (Å²) >= 11 is 0. The van der Waals surface area contributed by atoms with Crippen LogP contribution in [0, 0.1) is 15.5 Å². The van der Waals surface area contributed by atoms with Gasteiger partial charge in [0, 0.05) is 113 Å². The number of H-pyrrole nitrogens is 1. The maximum Gasteiger partial charge on any atom is 0.297 e. The fraction of sp³-hybridized carbons (Fsp3) is 0.429. The molecule has 76 heavy (non-hydrogen) atoms. The molecule has 18 nitrogen and oxygen atoms in total. The zero-order chi connectivity index (χ0) is 52.8. The fourth-order valence-corrected chi connectivity index (χ4v) is 13.0. The molecule has 11 rings (SSSR count). The van der Waals surface area contributed by atoms with Crippen molar-refractivity contribution in [3.05, 3.63) is 130 Å². The van der Waals surface area contributed by atoms with E-state index in [1.54, 1.807) is 31.5 Å². The van der Waals surface area contributed by atoms with E-state index >= 15 is 4.39 Å². The molecule has 2 aromatic heterocycles. The van der Waals surface area contributed by atoms with E-state index in [-0.39, 0.29) is 72.6 Å². The third-order valence-electron chi connectivity index (χ3n) is 16.1. The van der Waals surface area contributed by atoms with Gasteiger partial charge in [-0.25, -0.2) is 22.5 Å². The standard InChI is InChI=1S/C56H63FN8O10S/c1-36(2)43-6-4-5-7-44(43)47-33-62(32-37-8-11-41(71-3)12-9-37)22-23-64(47)40-29-55(30-40)15-20-63(21-16-55)39-10-13-45(48(27-39)75-42-26-38-14-19-58-53(38)59-31-42)54(66)61-76(69,70)49-28-46(65(67)68)50(52-51(49)73-35-74-52)60-34-56(57)17-24-72-25-18-56/h4-14,19,26-28,31,36,40,47,60H,15-18,20-25,29-30,32-35H2,1-3H3,(H,58,59)(H,61,66)/t47-/m0/s1. The number of benzene rings is 4. The number of carbonyl (C=O) groups is 1. The van der Waals surface area contributed by atoms with Crippen LogP contribution in [0.2, 0.25) is 0 Å². The number of aromatic amines is 1. The van der Waals surface area contributed by atoms with Gasteiger partial charge in [0.15, 0.2) is 17.2 Å². The first-order valence-electron chi connectivity index (χ1n) is 26.1. The Hall–Kier alpha value is -7.00. The Morgan fingerprint density at radius 3 is 2.46 bits per heavy atom. The molecule has 6 heterocycles. The van der Waals surface area contributed by atoms with Crippen LogP contribution in [0.4, 0.5) is 21.5 Å². The number of piperazine rings is 1. The number of aromatic nitrogens is 2. The lowest BCUT2D eigenvalue weighted by Gasteiger charge is -2.58. The Morgan fingerprint density at radius 1 is 0.947 bits per heavy atom. The molecule has 4 fully saturated rings. The Bertz CT molecular complexity index is 3240. The number of anilines is 2. The van der Waals surface area contributed by atoms with Gasteiger partial charge in [0.1, 0.15) is 33.5 Å². The Balaban J connectivity index is 0.807. The minimum Gasteiger partial charge on any atom is -0.497 e. The summed E-state index contributed by atoms with van der Waals surface area (Å²) in [4.78, 5) is 40.4. The Morgan fingerprint density at radius 2 is 1.71 bits per heavy atom. The van der Waals surface area contributed by atoms with Gasteiger partial charge in [0.05, 0.1) is 23.8 Å². The number of rotatable bonds is 16. The molecular weight excluding hydrogens is 996 g/mol. The molecule has 0 unspecified atom stereocenters. The van der Waals surface area contributed by atoms with Crippen molar-refractivity contribution in [2.75, 3.05) is 76.6 Å². The van der Waals surface area contributed by atoms with Crippen LogP contribution in [0.3, 0.4) is 0 Å². The van der Waals surface area contributed by atoms with Crippen molar-refractivity contribution in [3.8, 4) is 28.7 Å². The number of nitrogens with zero attached hydrogens (tertiary/aromatic N) is 5. The summed E-state index contributed by atoms with van der Waals surface area (Å²) in [6, 6.07) is 27.5. The predicted octanol–water partition coefficient (Wildman–Crippen LogP) is 9.48. The minimum atomic E-state index is -4.88. The molecule has 6 aromatic rings. The molecule has 1 saturated carbocycles. The number of alkyl halides is 1. The van der Waals surface area contributed by atoms with E-state index in [1.807, 2.05) is 18.2 Å². The molecule has 3 saturated heterocycles. The molecule has 400 valence electrons. The van der Waals surface area contributed by atoms with E-state index < -0.39 is 43.9 Å². The molecule has 0 bridgehead atoms. The number of nitrogens with one attached hydrogen (secondary N) is 3. The van der Waals surface area contributed by atoms with Gasteiger partial charge in [-0.2, -0.15) is 0 Å². The fourth-order valence-electron chi connectivity index (χ4n) is 11.9. The molecule has 1 aliphatic carbocycles. The highest BCUT2D eigenvalue weighted by molar-refractivity contribution is 7.90. The number of hydrogen-bond acceptors (Lipinski definition) is 15. The van der Waals surface area contributed by atoms with E-state index in [4.69, 9.17) is 23.7 Å². The van der Waals surface area contributed by atoms with Gasteiger partial charge in [0.25, 0.3) is 21.6 Å². The number of pyridine rings is 1. The number of carbonyl (C=O) groups excluding carboxylic acids is 1. The van der Waals surface area contributed by atoms with Gasteiger partial charge < -0.3 is 38.9 Å². The quantitative estimate of drug-likeness (QED) is 0.0610. The van der Waals surface area contributed by atoms with Crippen LogP contribution in [0.1, 0.15) is 91.4 Å². The van der Waals surface area contributed by atoms with Crippen LogP contribution in [0.5, 0.6) is 28.7 Å². The number of nitro benzene ring substituents is 1. The summed E-state index contributed by atoms with van der Waals surface area (Å²) in [5.41, 5.74) is 2.95. The highest BCUT2D eigenvalue weighted by Gasteiger charge is 2.50. The first-order chi connectivity index (χ1) is 36.7. The van der Waals surface area contributed by atoms with Gasteiger partial charge in [-0.15, -0.1) is 0 Å². The number of sulfonamides is 1. The number of ether oxygens (including phenoxy) is 5. The predicted molar refractivity (Wildman–Crippen MR) is 284 cm³/mol. The molecule has 20 heteroatoms. The van der Waals surface area contributed by atoms with E-state index in [2.05, 4.69) is 85.0 Å². The average Bonchev–Trinajstić information content (AvgIpc) is 4.11. The highest BCUT2D eigenvalue weighted by Crippen LogP contribution is 2.54. The van der Waals surface area contributed by atoms with Crippen molar-refractivity contribution >= 4 is 44.0 Å². The zero-order valence-electron chi connectivity index (χ0n) is 42.9. The van der Waals surface area contributed by atoms with Crippen molar-refractivity contribution in [1.29, 1.82) is 0 Å². The maximum atomic E-state index is 15.6. The molecule has 4 aromatic carbocycles. The van der Waals surface area contributed by atoms with Crippen LogP contribution < -0.4 is 33.9 Å². The van der Waals surface area contributed by atoms with E-state index in [0.717, 1.165) is 87.8 Å². The molecule has 5 aliphatic rings. The van der Waals surface area contributed by atoms with Crippen molar-refractivity contribution in [2.24, 2.45) is 5.41 Å². The minimum absolute atomic E-state index is 0.0666. The van der Waals surface area contributed by atoms with Crippen molar-refractivity contribution in [3.63, 3.8) is 0 Å². The van der Waals surface area contributed by atoms with E-state index in [9.17, 15) is 23.3 Å². The molecule has 1 atom stereocenters. The average molecular weight is 1060 g/mol. The van der Waals surface area contributed by atoms with Gasteiger partial charge in [-0.05, 0) is 90.1 Å². The molecule has 1 spiro atoms. The third kappa shape index (κ3) is 10.3. The monoisotopic (exact) mass is 1060 g/mol. The first kappa shape index (κ1) is 51.1. The normalized spacial score (nSPS) is 19.6. The molecular formula is C56H63FN8O10S. The smallest absolute Gasteiger partial charge is 0.297 e. The second-order valence-electron chi connectivity index (χ2n) is 21.2. The van der Waals surface area contributed by atoms with Crippen LogP contribution >= 0.6 is 0 Å². The number of fused-ring (bicyclic) bond motifs is 2. The van der Waals surface area contributed by atoms with Crippen LogP contribution in [0.25, 0.3) is 11.0 Å². The lowest BCUT2D eigenvalue weighted by atomic mass is 9.59. The Labute approximate surface area is 441 Å². The van der Waals surface area contributed by atoms with Gasteiger partial charge in [-0.1, -0.05) is 50.2 Å². The third-order valence-corrected chi connectivity index (χ3v) is 17.5. The SMILES string of the molecule is COc1ccc(CN2CCN(C3CC4(CCN(c5ccc(C(=O)NS(=O)(=O)c6cc([N+](=O)[O-])c(NCC7(F)CCOCC7)c7c6OCO7)c(Oc6cnc7[nH]ccc7c6)c5)CC4)C3)[C@H](c3ccccc3C(C)C)C2)cc1. The number of methoxy groups -OCH3 is 1. The first-order valence-corrected chi connectivity index (χ1v) is 27.5. The number of hydrogen-bond donors (Lipinski definition) is 3. The summed E-state index contributed by atoms with van der Waals surface area (Å²) in [7, 11) is -3.19. The largest absolute Gasteiger partial charge is 0.497 e. The van der Waals surface area contributed by atoms with Crippen molar-refractivity contribution in [1.82, 2.24) is 24.5 Å². The van der Waals surface area contributed by atoms with E-state index in [0.29, 0.717) is 23.4 Å². The van der Waals surface area contributed by atoms with Gasteiger partial charge in [0.2, 0.25) is 6.79 Å². The number of piperidine rings is 1. The highest BCUT2D eigenvalue weighted by atomic mass is 32.2. The van der Waals surface area contributed by atoms with E-state index in [1.165, 1.54) is 29.0 Å². The second kappa shape index (κ2) is 20.8. The topological polar surface area (TPSA) is 203 Å². The number of amides is 1. The molecule has 1 amide bonds. The van der Waals surface area contributed by atoms with Crippen molar-refractivity contribution in [2.45, 2.75) is 87.5 Å². The van der Waals surface area contributed by atoms with Crippen LogP contribution in [0.15, 0.2) is 102 Å². The molecule has 0 radical (unpaired) electrons. The van der Waals surface area contributed by atoms with Crippen molar-refractivity contribution < 1.29 is 46.2 Å². The summed E-state index contributed by atoms with van der Waals surface area (Å²) in [6.07, 6.45) is 7.60. The summed E-state index contributed by atoms with van der Waals surface area (Å²) in [5, 5.41) is 16.0. The lowest BCUT2D eigenvalue weighted by Crippen LogP contribution is -2.60. The second-order valence-corrected chi connectivity index (χ2v) is 22.8. The van der Waals surface area contributed by atoms with Gasteiger partial charge >= 0.3 is 0 Å². The van der Waals surface area contributed by atoms with Crippen LogP contribution in [-0.2, 0) is 21.3 Å². The zero-order valence-corrected chi connectivity index (χ0v) is 43.7. The number of halogens is 1. The number of nitro groups is 1. The summed E-state index contributed by atoms with van der Waals surface area (Å²) < 4.78 is 74.3. The molecule has 4 aliphatic heterocycles. The molecule has 3 N–H and O–H groups in total. The Kier molecular flexibility index (Phi) is 14.0. The lowest BCUT2D eigenvalue weighted by molar-refractivity contribution is -0.384. The summed E-state index contributed by atoms with van der Waals surface area (Å²) in [6.45, 7) is 9.50. The van der Waals surface area contributed by atoms with Crippen LogP contribution in [-0.4, -0.2) is 117 Å². The summed E-state index contributed by atoms with van der Waals surface area (Å²) in [5.74, 6) is -0.0391. The maximum absolute atomic E-state index is 15.6.